The van der Waals surface area contributed by atoms with E-state index in [-0.39, 0.29) is 18.2 Å². The SMILES string of the molecule is Cl.NC(CS(N)(=O)=O)c1ccccc1. The summed E-state index contributed by atoms with van der Waals surface area (Å²) < 4.78 is 21.4. The highest BCUT2D eigenvalue weighted by Crippen LogP contribution is 2.10. The average Bonchev–Trinajstić information content (AvgIpc) is 2.03. The van der Waals surface area contributed by atoms with Crippen LogP contribution in [0.1, 0.15) is 11.6 Å². The first-order valence-electron chi connectivity index (χ1n) is 3.80. The van der Waals surface area contributed by atoms with Gasteiger partial charge in [0.15, 0.2) is 0 Å². The van der Waals surface area contributed by atoms with Crippen LogP contribution in [-0.2, 0) is 10.0 Å². The smallest absolute Gasteiger partial charge is 0.210 e. The van der Waals surface area contributed by atoms with Crippen molar-refractivity contribution >= 4 is 22.4 Å². The van der Waals surface area contributed by atoms with Gasteiger partial charge in [-0.25, -0.2) is 13.6 Å². The van der Waals surface area contributed by atoms with Crippen molar-refractivity contribution in [2.24, 2.45) is 10.9 Å². The molecule has 0 aromatic heterocycles. The number of benzene rings is 1. The quantitative estimate of drug-likeness (QED) is 0.797. The maximum absolute atomic E-state index is 10.7. The van der Waals surface area contributed by atoms with Crippen LogP contribution < -0.4 is 10.9 Å². The minimum absolute atomic E-state index is 0. The predicted molar refractivity (Wildman–Crippen MR) is 58.6 cm³/mol. The first kappa shape index (κ1) is 13.4. The van der Waals surface area contributed by atoms with Gasteiger partial charge in [-0.1, -0.05) is 30.3 Å². The van der Waals surface area contributed by atoms with E-state index < -0.39 is 16.1 Å². The summed E-state index contributed by atoms with van der Waals surface area (Å²) in [6.07, 6.45) is 0. The van der Waals surface area contributed by atoms with E-state index in [9.17, 15) is 8.42 Å². The lowest BCUT2D eigenvalue weighted by molar-refractivity contribution is 0.590. The van der Waals surface area contributed by atoms with Crippen molar-refractivity contribution in [1.82, 2.24) is 0 Å². The molecule has 0 amide bonds. The van der Waals surface area contributed by atoms with Crippen LogP contribution in [-0.4, -0.2) is 14.2 Å². The van der Waals surface area contributed by atoms with Gasteiger partial charge >= 0.3 is 0 Å². The Morgan fingerprint density at radius 1 is 1.21 bits per heavy atom. The highest BCUT2D eigenvalue weighted by molar-refractivity contribution is 7.89. The summed E-state index contributed by atoms with van der Waals surface area (Å²) in [7, 11) is -3.50. The molecule has 1 rings (SSSR count). The summed E-state index contributed by atoms with van der Waals surface area (Å²) in [4.78, 5) is 0. The Kier molecular flexibility index (Phi) is 5.07. The topological polar surface area (TPSA) is 86.2 Å². The van der Waals surface area contributed by atoms with E-state index in [1.807, 2.05) is 6.07 Å². The molecule has 0 aliphatic heterocycles. The molecule has 0 saturated carbocycles. The van der Waals surface area contributed by atoms with E-state index in [0.717, 1.165) is 5.56 Å². The summed E-state index contributed by atoms with van der Waals surface area (Å²) >= 11 is 0. The fourth-order valence-electron chi connectivity index (χ4n) is 1.05. The van der Waals surface area contributed by atoms with E-state index in [2.05, 4.69) is 0 Å². The molecule has 1 aromatic rings. The number of sulfonamides is 1. The molecule has 1 atom stereocenters. The second-order valence-corrected chi connectivity index (χ2v) is 4.51. The van der Waals surface area contributed by atoms with Gasteiger partial charge in [-0.2, -0.15) is 0 Å². The van der Waals surface area contributed by atoms with E-state index >= 15 is 0 Å². The molecule has 1 aromatic carbocycles. The Hall–Kier alpha value is -0.620. The van der Waals surface area contributed by atoms with Gasteiger partial charge in [0.05, 0.1) is 5.75 Å². The molecule has 6 heteroatoms. The van der Waals surface area contributed by atoms with Crippen LogP contribution in [0.5, 0.6) is 0 Å². The second-order valence-electron chi connectivity index (χ2n) is 2.85. The van der Waals surface area contributed by atoms with Gasteiger partial charge in [0.2, 0.25) is 10.0 Å². The molecular formula is C8H13ClN2O2S. The van der Waals surface area contributed by atoms with Gasteiger partial charge in [0.25, 0.3) is 0 Å². The van der Waals surface area contributed by atoms with Crippen LogP contribution in [0.15, 0.2) is 30.3 Å². The minimum Gasteiger partial charge on any atom is -0.323 e. The molecule has 0 heterocycles. The standard InChI is InChI=1S/C8H12N2O2S.ClH/c9-8(6-13(10,11)12)7-4-2-1-3-5-7;/h1-5,8H,6,9H2,(H2,10,11,12);1H. The molecule has 0 bridgehead atoms. The third-order valence-electron chi connectivity index (χ3n) is 1.64. The van der Waals surface area contributed by atoms with Crippen LogP contribution in [0.4, 0.5) is 0 Å². The summed E-state index contributed by atoms with van der Waals surface area (Å²) in [5, 5.41) is 4.87. The molecule has 0 radical (unpaired) electrons. The molecule has 80 valence electrons. The average molecular weight is 237 g/mol. The van der Waals surface area contributed by atoms with Gasteiger partial charge in [0.1, 0.15) is 0 Å². The normalized spacial score (nSPS) is 13.0. The molecule has 0 aliphatic rings. The summed E-state index contributed by atoms with van der Waals surface area (Å²) in [6.45, 7) is 0. The van der Waals surface area contributed by atoms with Crippen molar-refractivity contribution in [3.8, 4) is 0 Å². The fraction of sp³-hybridized carbons (Fsp3) is 0.250. The van der Waals surface area contributed by atoms with Crippen LogP contribution in [0.2, 0.25) is 0 Å². The number of nitrogens with two attached hydrogens (primary N) is 2. The summed E-state index contributed by atoms with van der Waals surface area (Å²) in [6, 6.07) is 8.45. The van der Waals surface area contributed by atoms with Gasteiger partial charge in [0, 0.05) is 6.04 Å². The number of hydrogen-bond donors (Lipinski definition) is 2. The summed E-state index contributed by atoms with van der Waals surface area (Å²) in [5.74, 6) is -0.225. The number of hydrogen-bond acceptors (Lipinski definition) is 3. The molecule has 0 fully saturated rings. The van der Waals surface area contributed by atoms with Crippen LogP contribution in [0.25, 0.3) is 0 Å². The molecule has 0 spiro atoms. The van der Waals surface area contributed by atoms with Crippen molar-refractivity contribution < 1.29 is 8.42 Å². The highest BCUT2D eigenvalue weighted by Gasteiger charge is 2.12. The van der Waals surface area contributed by atoms with Crippen LogP contribution in [0, 0.1) is 0 Å². The Balaban J connectivity index is 0.00000169. The molecule has 4 N–H and O–H groups in total. The second kappa shape index (κ2) is 5.31. The van der Waals surface area contributed by atoms with E-state index in [0.29, 0.717) is 0 Å². The highest BCUT2D eigenvalue weighted by atomic mass is 35.5. The van der Waals surface area contributed by atoms with E-state index in [1.165, 1.54) is 0 Å². The third-order valence-corrected chi connectivity index (χ3v) is 2.46. The first-order chi connectivity index (χ1) is 5.99. The monoisotopic (exact) mass is 236 g/mol. The molecular weight excluding hydrogens is 224 g/mol. The van der Waals surface area contributed by atoms with Crippen molar-refractivity contribution in [3.63, 3.8) is 0 Å². The Morgan fingerprint density at radius 3 is 2.14 bits per heavy atom. The molecule has 0 aliphatic carbocycles. The first-order valence-corrected chi connectivity index (χ1v) is 5.51. The Labute approximate surface area is 89.8 Å². The number of rotatable bonds is 3. The zero-order valence-electron chi connectivity index (χ0n) is 7.46. The lowest BCUT2D eigenvalue weighted by Gasteiger charge is -2.09. The van der Waals surface area contributed by atoms with Gasteiger partial charge in [-0.05, 0) is 5.56 Å². The maximum atomic E-state index is 10.7. The van der Waals surface area contributed by atoms with Crippen LogP contribution >= 0.6 is 12.4 Å². The third kappa shape index (κ3) is 4.57. The zero-order chi connectivity index (χ0) is 9.90. The predicted octanol–water partition coefficient (Wildman–Crippen LogP) is 0.397. The zero-order valence-corrected chi connectivity index (χ0v) is 9.09. The molecule has 14 heavy (non-hydrogen) atoms. The summed E-state index contributed by atoms with van der Waals surface area (Å²) in [5.41, 5.74) is 6.40. The van der Waals surface area contributed by atoms with Crippen molar-refractivity contribution in [1.29, 1.82) is 0 Å². The molecule has 0 saturated heterocycles. The molecule has 1 unspecified atom stereocenters. The largest absolute Gasteiger partial charge is 0.323 e. The lowest BCUT2D eigenvalue weighted by Crippen LogP contribution is -2.26. The van der Waals surface area contributed by atoms with E-state index in [1.54, 1.807) is 24.3 Å². The Bertz CT molecular complexity index is 366. The number of primary sulfonamides is 1. The van der Waals surface area contributed by atoms with Gasteiger partial charge < -0.3 is 5.73 Å². The Morgan fingerprint density at radius 2 is 1.71 bits per heavy atom. The van der Waals surface area contributed by atoms with Gasteiger partial charge in [-0.3, -0.25) is 0 Å². The molecule has 4 nitrogen and oxygen atoms in total. The minimum atomic E-state index is -3.50. The maximum Gasteiger partial charge on any atom is 0.210 e. The van der Waals surface area contributed by atoms with Crippen molar-refractivity contribution in [2.75, 3.05) is 5.75 Å². The van der Waals surface area contributed by atoms with Crippen molar-refractivity contribution in [3.05, 3.63) is 35.9 Å². The fourth-order valence-corrected chi connectivity index (χ4v) is 1.74. The van der Waals surface area contributed by atoms with E-state index in [4.69, 9.17) is 10.9 Å². The number of halogens is 1. The lowest BCUT2D eigenvalue weighted by atomic mass is 10.1. The van der Waals surface area contributed by atoms with Crippen LogP contribution in [0.3, 0.4) is 0 Å². The van der Waals surface area contributed by atoms with Crippen molar-refractivity contribution in [2.45, 2.75) is 6.04 Å². The van der Waals surface area contributed by atoms with Gasteiger partial charge in [-0.15, -0.1) is 12.4 Å².